The average Bonchev–Trinajstić information content (AvgIpc) is 2.67. The minimum absolute atomic E-state index is 0.0235. The summed E-state index contributed by atoms with van der Waals surface area (Å²) in [6, 6.07) is 11.3. The van der Waals surface area contributed by atoms with Crippen LogP contribution in [-0.2, 0) is 9.59 Å². The van der Waals surface area contributed by atoms with Crippen molar-refractivity contribution in [1.82, 2.24) is 10.4 Å². The first kappa shape index (κ1) is 19.6. The van der Waals surface area contributed by atoms with Crippen LogP contribution in [0.25, 0.3) is 0 Å². The summed E-state index contributed by atoms with van der Waals surface area (Å²) in [5, 5.41) is 22.3. The maximum absolute atomic E-state index is 12.4. The Morgan fingerprint density at radius 3 is 2.29 bits per heavy atom. The Hall–Kier alpha value is -3.14. The molecule has 1 fully saturated rings. The van der Waals surface area contributed by atoms with Gasteiger partial charge in [0.15, 0.2) is 0 Å². The van der Waals surface area contributed by atoms with Crippen LogP contribution in [0.3, 0.4) is 0 Å². The zero-order valence-electron chi connectivity index (χ0n) is 14.6. The van der Waals surface area contributed by atoms with Crippen molar-refractivity contribution in [2.75, 3.05) is 10.5 Å². The molecule has 0 aromatic heterocycles. The van der Waals surface area contributed by atoms with Crippen LogP contribution in [0.1, 0.15) is 28.9 Å². The number of β-lactam (4-membered cyclic amide) rings is 1. The molecule has 0 bridgehead atoms. The molecule has 0 radical (unpaired) electrons. The number of halogens is 1. The second-order valence-corrected chi connectivity index (χ2v) is 6.59. The summed E-state index contributed by atoms with van der Waals surface area (Å²) >= 11 is 6.09. The van der Waals surface area contributed by atoms with E-state index in [1.165, 1.54) is 43.3 Å². The fraction of sp³-hybridized carbons (Fsp3) is 0.167. The van der Waals surface area contributed by atoms with Gasteiger partial charge in [0.1, 0.15) is 11.4 Å². The van der Waals surface area contributed by atoms with Crippen LogP contribution in [0.4, 0.5) is 11.4 Å². The molecule has 28 heavy (non-hydrogen) atoms. The van der Waals surface area contributed by atoms with Crippen LogP contribution in [-0.4, -0.2) is 33.3 Å². The minimum Gasteiger partial charge on any atom is -0.733 e. The van der Waals surface area contributed by atoms with E-state index >= 15 is 0 Å². The molecule has 1 heterocycles. The van der Waals surface area contributed by atoms with E-state index in [1.807, 2.05) is 0 Å². The van der Waals surface area contributed by atoms with E-state index in [4.69, 9.17) is 16.8 Å². The standard InChI is InChI=1S/C18H16ClN4O5/c1-10(24)20-13-6-2-12(3-7-13)17(25)21-22-16(15(19)18(22)26)11-4-8-14(9-5-11)23(27)28/h2-9,15-16,27H,1H3,(H,20,24)(H,21,25)/q-1. The molecular formula is C18H16ClN4O5-. The molecule has 3 rings (SSSR count). The maximum Gasteiger partial charge on any atom is 0.269 e. The topological polar surface area (TPSA) is 125 Å². The average molecular weight is 404 g/mol. The molecule has 2 aromatic carbocycles. The van der Waals surface area contributed by atoms with Crippen molar-refractivity contribution in [3.05, 3.63) is 64.9 Å². The van der Waals surface area contributed by atoms with E-state index in [2.05, 4.69) is 10.7 Å². The smallest absolute Gasteiger partial charge is 0.269 e. The highest BCUT2D eigenvalue weighted by atomic mass is 35.5. The minimum atomic E-state index is -0.870. The number of hydrogen-bond donors (Lipinski definition) is 3. The number of nitrogens with zero attached hydrogens (tertiary/aromatic N) is 2. The number of rotatable bonds is 5. The predicted molar refractivity (Wildman–Crippen MR) is 102 cm³/mol. The molecule has 1 saturated heterocycles. The van der Waals surface area contributed by atoms with Crippen molar-refractivity contribution in [1.29, 1.82) is 0 Å². The second kappa shape index (κ2) is 7.85. The fourth-order valence-electron chi connectivity index (χ4n) is 2.78. The quantitative estimate of drug-likeness (QED) is 0.399. The summed E-state index contributed by atoms with van der Waals surface area (Å²) in [7, 11) is 0. The summed E-state index contributed by atoms with van der Waals surface area (Å²) in [5.74, 6) is -1.22. The molecule has 1 aliphatic rings. The number of carbonyl (C=O) groups excluding carboxylic acids is 3. The molecule has 2 atom stereocenters. The third-order valence-corrected chi connectivity index (χ3v) is 4.60. The first-order chi connectivity index (χ1) is 13.3. The molecule has 0 saturated carbocycles. The highest BCUT2D eigenvalue weighted by molar-refractivity contribution is 6.33. The van der Waals surface area contributed by atoms with Gasteiger partial charge in [-0.1, -0.05) is 12.1 Å². The summed E-state index contributed by atoms with van der Waals surface area (Å²) < 4.78 is 0. The lowest BCUT2D eigenvalue weighted by molar-refractivity contribution is -0.149. The van der Waals surface area contributed by atoms with Gasteiger partial charge in [-0.2, -0.15) is 0 Å². The summed E-state index contributed by atoms with van der Waals surface area (Å²) in [6.45, 7) is 1.38. The molecule has 9 nitrogen and oxygen atoms in total. The number of alkyl halides is 1. The van der Waals surface area contributed by atoms with Crippen molar-refractivity contribution in [2.45, 2.75) is 18.3 Å². The highest BCUT2D eigenvalue weighted by Crippen LogP contribution is 2.37. The van der Waals surface area contributed by atoms with Crippen LogP contribution < -0.4 is 16.0 Å². The Bertz CT molecular complexity index is 901. The van der Waals surface area contributed by atoms with Crippen LogP contribution in [0.15, 0.2) is 48.5 Å². The highest BCUT2D eigenvalue weighted by Gasteiger charge is 2.48. The Balaban J connectivity index is 1.72. The van der Waals surface area contributed by atoms with Gasteiger partial charge in [0.25, 0.3) is 11.8 Å². The lowest BCUT2D eigenvalue weighted by atomic mass is 9.95. The number of hydrogen-bond acceptors (Lipinski definition) is 6. The Labute approximate surface area is 165 Å². The van der Waals surface area contributed by atoms with E-state index in [-0.39, 0.29) is 22.4 Å². The SMILES string of the molecule is CC(=O)Nc1ccc(C(=O)NN2C(=O)C(Cl)C2c2ccc(N([O-])O)cc2)cc1. The number of anilines is 2. The number of nitrogens with one attached hydrogen (secondary N) is 2. The lowest BCUT2D eigenvalue weighted by Crippen LogP contribution is -2.63. The number of benzene rings is 2. The second-order valence-electron chi connectivity index (χ2n) is 6.12. The van der Waals surface area contributed by atoms with Gasteiger partial charge in [0, 0.05) is 18.2 Å². The molecule has 0 aliphatic carbocycles. The first-order valence-corrected chi connectivity index (χ1v) is 8.63. The Morgan fingerprint density at radius 2 is 1.75 bits per heavy atom. The van der Waals surface area contributed by atoms with Crippen LogP contribution >= 0.6 is 11.6 Å². The first-order valence-electron chi connectivity index (χ1n) is 8.20. The molecule has 2 unspecified atom stereocenters. The van der Waals surface area contributed by atoms with Gasteiger partial charge in [0.2, 0.25) is 5.91 Å². The lowest BCUT2D eigenvalue weighted by Gasteiger charge is -2.44. The zero-order valence-corrected chi connectivity index (χ0v) is 15.4. The van der Waals surface area contributed by atoms with Gasteiger partial charge in [-0.15, -0.1) is 11.6 Å². The van der Waals surface area contributed by atoms with Gasteiger partial charge in [0.05, 0.1) is 5.69 Å². The molecule has 3 amide bonds. The van der Waals surface area contributed by atoms with Crippen molar-refractivity contribution >= 4 is 40.7 Å². The Morgan fingerprint density at radius 1 is 1.14 bits per heavy atom. The summed E-state index contributed by atoms with van der Waals surface area (Å²) in [6.07, 6.45) is 0. The van der Waals surface area contributed by atoms with E-state index in [9.17, 15) is 19.6 Å². The maximum atomic E-state index is 12.4. The van der Waals surface area contributed by atoms with Crippen molar-refractivity contribution < 1.29 is 19.6 Å². The van der Waals surface area contributed by atoms with E-state index in [0.717, 1.165) is 5.01 Å². The number of hydrazine groups is 1. The van der Waals surface area contributed by atoms with Gasteiger partial charge < -0.3 is 15.8 Å². The van der Waals surface area contributed by atoms with E-state index < -0.39 is 23.2 Å². The molecule has 146 valence electrons. The Kier molecular flexibility index (Phi) is 5.50. The molecular weight excluding hydrogens is 388 g/mol. The zero-order chi connectivity index (χ0) is 20.4. The normalized spacial score (nSPS) is 18.3. The predicted octanol–water partition coefficient (Wildman–Crippen LogP) is 2.17. The monoisotopic (exact) mass is 403 g/mol. The fourth-order valence-corrected chi connectivity index (χ4v) is 3.14. The summed E-state index contributed by atoms with van der Waals surface area (Å²) in [5.41, 5.74) is 3.95. The number of amides is 3. The number of carbonyl (C=O) groups is 3. The van der Waals surface area contributed by atoms with E-state index in [0.29, 0.717) is 11.3 Å². The third kappa shape index (κ3) is 3.91. The third-order valence-electron chi connectivity index (χ3n) is 4.17. The molecule has 1 aliphatic heterocycles. The van der Waals surface area contributed by atoms with Crippen molar-refractivity contribution in [3.8, 4) is 0 Å². The van der Waals surface area contributed by atoms with Gasteiger partial charge in [-0.3, -0.25) is 25.0 Å². The molecule has 2 aromatic rings. The molecule has 0 spiro atoms. The van der Waals surface area contributed by atoms with Gasteiger partial charge >= 0.3 is 0 Å². The summed E-state index contributed by atoms with van der Waals surface area (Å²) in [4.78, 5) is 35.6. The van der Waals surface area contributed by atoms with Crippen molar-refractivity contribution in [2.24, 2.45) is 0 Å². The largest absolute Gasteiger partial charge is 0.733 e. The van der Waals surface area contributed by atoms with Crippen molar-refractivity contribution in [3.63, 3.8) is 0 Å². The molecule has 10 heteroatoms. The van der Waals surface area contributed by atoms with Crippen LogP contribution in [0.2, 0.25) is 0 Å². The van der Waals surface area contributed by atoms with E-state index in [1.54, 1.807) is 12.1 Å². The van der Waals surface area contributed by atoms with Crippen LogP contribution in [0, 0.1) is 5.21 Å². The van der Waals surface area contributed by atoms with Crippen LogP contribution in [0.5, 0.6) is 0 Å². The molecule has 3 N–H and O–H groups in total. The van der Waals surface area contributed by atoms with Gasteiger partial charge in [-0.25, -0.2) is 5.01 Å². The van der Waals surface area contributed by atoms with Gasteiger partial charge in [-0.05, 0) is 42.0 Å².